The standard InChI is InChI=1S/C23H30N2O4S.2ClH/c1-17(14-26)15-30(27,28)16-18-2-4-21(25-13-18)19-3-5-22-20(12-19)6-7-23(29-22)8-10-24-11-9-23;;/h2-5,12-13,17,24,26H,6-11,14-16H2,1H3;2*1H/t17-;;/m1../s1. The normalized spacial score (nSPS) is 17.9. The van der Waals surface area contributed by atoms with Gasteiger partial charge >= 0.3 is 0 Å². The van der Waals surface area contributed by atoms with Crippen LogP contribution in [0.1, 0.15) is 37.3 Å². The van der Waals surface area contributed by atoms with Crippen LogP contribution in [0.5, 0.6) is 5.75 Å². The van der Waals surface area contributed by atoms with Crippen LogP contribution in [0.15, 0.2) is 36.5 Å². The smallest absolute Gasteiger partial charge is 0.154 e. The van der Waals surface area contributed by atoms with Crippen molar-refractivity contribution in [1.29, 1.82) is 0 Å². The van der Waals surface area contributed by atoms with Crippen molar-refractivity contribution in [2.45, 2.75) is 44.0 Å². The van der Waals surface area contributed by atoms with Crippen LogP contribution in [0.4, 0.5) is 0 Å². The van der Waals surface area contributed by atoms with Crippen molar-refractivity contribution >= 4 is 34.7 Å². The third-order valence-corrected chi connectivity index (χ3v) is 7.96. The van der Waals surface area contributed by atoms with Gasteiger partial charge in [-0.1, -0.05) is 13.0 Å². The van der Waals surface area contributed by atoms with Crippen LogP contribution in [-0.4, -0.2) is 49.6 Å². The predicted molar refractivity (Wildman–Crippen MR) is 132 cm³/mol. The minimum atomic E-state index is -3.27. The average molecular weight is 503 g/mol. The molecule has 0 amide bonds. The highest BCUT2D eigenvalue weighted by Crippen LogP contribution is 2.39. The van der Waals surface area contributed by atoms with Gasteiger partial charge in [0.1, 0.15) is 11.4 Å². The Balaban J connectivity index is 0.00000181. The molecule has 2 aliphatic heterocycles. The molecule has 3 heterocycles. The number of aromatic nitrogens is 1. The van der Waals surface area contributed by atoms with Gasteiger partial charge in [-0.05, 0) is 80.1 Å². The van der Waals surface area contributed by atoms with Crippen LogP contribution in [-0.2, 0) is 22.0 Å². The van der Waals surface area contributed by atoms with E-state index < -0.39 is 9.84 Å². The number of sulfone groups is 1. The van der Waals surface area contributed by atoms with E-state index in [-0.39, 0.29) is 54.4 Å². The molecule has 4 rings (SSSR count). The Kier molecular flexibility index (Phi) is 9.37. The molecule has 1 spiro atoms. The van der Waals surface area contributed by atoms with Gasteiger partial charge in [-0.3, -0.25) is 4.98 Å². The van der Waals surface area contributed by atoms with Gasteiger partial charge in [-0.25, -0.2) is 8.42 Å². The van der Waals surface area contributed by atoms with Crippen molar-refractivity contribution in [3.05, 3.63) is 47.7 Å². The lowest BCUT2D eigenvalue weighted by molar-refractivity contribution is 0.0170. The minimum absolute atomic E-state index is 0. The number of hydrogen-bond acceptors (Lipinski definition) is 6. The van der Waals surface area contributed by atoms with Crippen LogP contribution in [0.25, 0.3) is 11.3 Å². The number of ether oxygens (including phenoxy) is 1. The Morgan fingerprint density at radius 3 is 2.56 bits per heavy atom. The number of aliphatic hydroxyl groups is 1. The first kappa shape index (κ1) is 26.9. The third-order valence-electron chi connectivity index (χ3n) is 6.11. The Bertz CT molecular complexity index is 994. The lowest BCUT2D eigenvalue weighted by Crippen LogP contribution is -2.48. The highest BCUT2D eigenvalue weighted by Gasteiger charge is 2.37. The van der Waals surface area contributed by atoms with Crippen molar-refractivity contribution in [2.75, 3.05) is 25.4 Å². The molecule has 0 saturated carbocycles. The second kappa shape index (κ2) is 11.2. The molecule has 0 unspecified atom stereocenters. The summed E-state index contributed by atoms with van der Waals surface area (Å²) in [6, 6.07) is 9.92. The lowest BCUT2D eigenvalue weighted by Gasteiger charge is -2.41. The van der Waals surface area contributed by atoms with Crippen molar-refractivity contribution < 1.29 is 18.3 Å². The average Bonchev–Trinajstić information content (AvgIpc) is 2.74. The monoisotopic (exact) mass is 502 g/mol. The van der Waals surface area contributed by atoms with Gasteiger partial charge in [0.2, 0.25) is 0 Å². The maximum atomic E-state index is 12.3. The van der Waals surface area contributed by atoms with Crippen LogP contribution in [0.3, 0.4) is 0 Å². The quantitative estimate of drug-likeness (QED) is 0.627. The highest BCUT2D eigenvalue weighted by molar-refractivity contribution is 7.90. The number of halogens is 2. The lowest BCUT2D eigenvalue weighted by atomic mass is 9.83. The second-order valence-electron chi connectivity index (χ2n) is 8.75. The van der Waals surface area contributed by atoms with E-state index in [1.54, 1.807) is 13.1 Å². The number of hydrogen-bond donors (Lipinski definition) is 2. The Labute approximate surface area is 202 Å². The molecule has 2 aromatic rings. The molecule has 1 fully saturated rings. The first-order valence-corrected chi connectivity index (χ1v) is 12.5. The van der Waals surface area contributed by atoms with Crippen molar-refractivity contribution in [3.8, 4) is 17.0 Å². The molecule has 2 aliphatic rings. The summed E-state index contributed by atoms with van der Waals surface area (Å²) in [6.45, 7) is 3.62. The zero-order chi connectivity index (χ0) is 21.2. The van der Waals surface area contributed by atoms with E-state index in [2.05, 4.69) is 16.4 Å². The van der Waals surface area contributed by atoms with Gasteiger partial charge in [0.25, 0.3) is 0 Å². The maximum absolute atomic E-state index is 12.3. The topological polar surface area (TPSA) is 88.5 Å². The molecule has 32 heavy (non-hydrogen) atoms. The van der Waals surface area contributed by atoms with Gasteiger partial charge in [0, 0.05) is 18.4 Å². The summed E-state index contributed by atoms with van der Waals surface area (Å²) in [6.07, 6.45) is 5.79. The largest absolute Gasteiger partial charge is 0.487 e. The maximum Gasteiger partial charge on any atom is 0.154 e. The molecular formula is C23H32Cl2N2O4S. The van der Waals surface area contributed by atoms with E-state index in [1.165, 1.54) is 5.56 Å². The predicted octanol–water partition coefficient (Wildman–Crippen LogP) is 3.58. The highest BCUT2D eigenvalue weighted by atomic mass is 35.5. The Morgan fingerprint density at radius 2 is 1.91 bits per heavy atom. The van der Waals surface area contributed by atoms with Gasteiger partial charge in [-0.2, -0.15) is 0 Å². The second-order valence-corrected chi connectivity index (χ2v) is 10.9. The molecule has 1 atom stereocenters. The van der Waals surface area contributed by atoms with E-state index in [4.69, 9.17) is 9.84 Å². The minimum Gasteiger partial charge on any atom is -0.487 e. The van der Waals surface area contributed by atoms with Crippen molar-refractivity contribution in [2.24, 2.45) is 5.92 Å². The first-order valence-electron chi connectivity index (χ1n) is 10.7. The zero-order valence-electron chi connectivity index (χ0n) is 18.2. The fourth-order valence-corrected chi connectivity index (χ4v) is 6.16. The van der Waals surface area contributed by atoms with E-state index in [0.29, 0.717) is 5.56 Å². The SMILES string of the molecule is C[C@H](CO)CS(=O)(=O)Cc1ccc(-c2ccc3c(c2)CCC2(CCNCC2)O3)nc1.Cl.Cl. The molecule has 0 bridgehead atoms. The summed E-state index contributed by atoms with van der Waals surface area (Å²) in [5.74, 6) is 0.643. The molecular weight excluding hydrogens is 471 g/mol. The summed E-state index contributed by atoms with van der Waals surface area (Å²) in [7, 11) is -3.27. The van der Waals surface area contributed by atoms with E-state index in [9.17, 15) is 8.42 Å². The molecule has 9 heteroatoms. The van der Waals surface area contributed by atoms with Gasteiger partial charge < -0.3 is 15.2 Å². The molecule has 1 saturated heterocycles. The number of aliphatic hydroxyl groups excluding tert-OH is 1. The number of nitrogens with one attached hydrogen (secondary N) is 1. The molecule has 0 radical (unpaired) electrons. The molecule has 6 nitrogen and oxygen atoms in total. The van der Waals surface area contributed by atoms with Crippen molar-refractivity contribution in [1.82, 2.24) is 10.3 Å². The summed E-state index contributed by atoms with van der Waals surface area (Å²) in [4.78, 5) is 4.50. The fourth-order valence-electron chi connectivity index (χ4n) is 4.39. The number of benzene rings is 1. The van der Waals surface area contributed by atoms with Crippen LogP contribution >= 0.6 is 24.8 Å². The molecule has 1 aromatic heterocycles. The summed E-state index contributed by atoms with van der Waals surface area (Å²) < 4.78 is 30.9. The van der Waals surface area contributed by atoms with E-state index in [1.807, 2.05) is 24.3 Å². The van der Waals surface area contributed by atoms with E-state index in [0.717, 1.165) is 55.8 Å². The van der Waals surface area contributed by atoms with Gasteiger partial charge in [0.15, 0.2) is 9.84 Å². The molecule has 2 N–H and O–H groups in total. The Hall–Kier alpha value is -1.38. The molecule has 1 aromatic carbocycles. The molecule has 178 valence electrons. The number of rotatable bonds is 6. The Morgan fingerprint density at radius 1 is 1.16 bits per heavy atom. The van der Waals surface area contributed by atoms with Gasteiger partial charge in [0.05, 0.1) is 17.2 Å². The number of fused-ring (bicyclic) bond motifs is 1. The van der Waals surface area contributed by atoms with E-state index >= 15 is 0 Å². The van der Waals surface area contributed by atoms with Crippen molar-refractivity contribution in [3.63, 3.8) is 0 Å². The number of pyridine rings is 1. The van der Waals surface area contributed by atoms with Crippen LogP contribution in [0, 0.1) is 5.92 Å². The fraction of sp³-hybridized carbons (Fsp3) is 0.522. The number of nitrogens with zero attached hydrogens (tertiary/aromatic N) is 1. The third kappa shape index (κ3) is 6.35. The summed E-state index contributed by atoms with van der Waals surface area (Å²) in [5, 5.41) is 12.5. The van der Waals surface area contributed by atoms with Crippen LogP contribution in [0.2, 0.25) is 0 Å². The zero-order valence-corrected chi connectivity index (χ0v) is 20.7. The summed E-state index contributed by atoms with van der Waals surface area (Å²) >= 11 is 0. The number of piperidine rings is 1. The van der Waals surface area contributed by atoms with Gasteiger partial charge in [-0.15, -0.1) is 24.8 Å². The number of aryl methyl sites for hydroxylation is 1. The van der Waals surface area contributed by atoms with Crippen LogP contribution < -0.4 is 10.1 Å². The summed E-state index contributed by atoms with van der Waals surface area (Å²) in [5.41, 5.74) is 3.70. The first-order chi connectivity index (χ1) is 14.4. The molecule has 0 aliphatic carbocycles.